The maximum Gasteiger partial charge on any atom is 0.270 e. The number of anilines is 3. The fourth-order valence-electron chi connectivity index (χ4n) is 2.32. The molecule has 0 aliphatic heterocycles. The molecule has 3 aromatic rings. The molecular formula is C20H18N4O2. The molecule has 6 nitrogen and oxygen atoms in total. The normalized spacial score (nSPS) is 10.0. The van der Waals surface area contributed by atoms with Crippen LogP contribution in [0.5, 0.6) is 0 Å². The third-order valence-corrected chi connectivity index (χ3v) is 3.56. The topological polar surface area (TPSA) is 83.1 Å². The van der Waals surface area contributed by atoms with Crippen LogP contribution in [0.1, 0.15) is 10.5 Å². The second-order valence-electron chi connectivity index (χ2n) is 5.48. The molecular weight excluding hydrogens is 328 g/mol. The highest BCUT2D eigenvalue weighted by molar-refractivity contribution is 6.00. The lowest BCUT2D eigenvalue weighted by Crippen LogP contribution is -2.33. The first-order valence-electron chi connectivity index (χ1n) is 8.12. The second-order valence-corrected chi connectivity index (χ2v) is 5.48. The predicted octanol–water partition coefficient (Wildman–Crippen LogP) is 3.19. The number of aromatic nitrogens is 1. The Kier molecular flexibility index (Phi) is 5.57. The van der Waals surface area contributed by atoms with E-state index < -0.39 is 5.91 Å². The van der Waals surface area contributed by atoms with Gasteiger partial charge in [-0.2, -0.15) is 0 Å². The van der Waals surface area contributed by atoms with Crippen molar-refractivity contribution in [3.63, 3.8) is 0 Å². The number of hydrogen-bond acceptors (Lipinski definition) is 4. The van der Waals surface area contributed by atoms with E-state index in [1.165, 1.54) is 6.20 Å². The molecule has 3 rings (SSSR count). The Bertz CT molecular complexity index is 883. The van der Waals surface area contributed by atoms with E-state index in [1.54, 1.807) is 24.3 Å². The molecule has 0 fully saturated rings. The Morgan fingerprint density at radius 1 is 0.808 bits per heavy atom. The number of para-hydroxylation sites is 3. The highest BCUT2D eigenvalue weighted by atomic mass is 16.2. The van der Waals surface area contributed by atoms with Crippen molar-refractivity contribution in [2.24, 2.45) is 0 Å². The first-order chi connectivity index (χ1) is 12.7. The molecule has 26 heavy (non-hydrogen) atoms. The third kappa shape index (κ3) is 4.67. The Morgan fingerprint density at radius 2 is 1.50 bits per heavy atom. The standard InChI is InChI=1S/C20H18N4O2/c25-19(14-22-20(26)18-12-6-7-13-21-18)24-17-11-5-4-10-16(17)23-15-8-2-1-3-9-15/h1-13,23H,14H2,(H,22,26)(H,24,25). The highest BCUT2D eigenvalue weighted by Gasteiger charge is 2.10. The first kappa shape index (κ1) is 17.2. The Balaban J connectivity index is 1.60. The summed E-state index contributed by atoms with van der Waals surface area (Å²) in [6.45, 7) is -0.144. The minimum Gasteiger partial charge on any atom is -0.354 e. The zero-order valence-electron chi connectivity index (χ0n) is 14.0. The summed E-state index contributed by atoms with van der Waals surface area (Å²) in [5.41, 5.74) is 2.58. The maximum atomic E-state index is 12.2. The predicted molar refractivity (Wildman–Crippen MR) is 101 cm³/mol. The molecule has 2 amide bonds. The van der Waals surface area contributed by atoms with Crippen molar-refractivity contribution in [3.8, 4) is 0 Å². The van der Waals surface area contributed by atoms with Gasteiger partial charge in [0.05, 0.1) is 17.9 Å². The van der Waals surface area contributed by atoms with E-state index in [-0.39, 0.29) is 18.1 Å². The number of carbonyl (C=O) groups excluding carboxylic acids is 2. The molecule has 0 aliphatic rings. The molecule has 1 heterocycles. The molecule has 0 radical (unpaired) electrons. The molecule has 0 saturated heterocycles. The lowest BCUT2D eigenvalue weighted by Gasteiger charge is -2.13. The van der Waals surface area contributed by atoms with Gasteiger partial charge in [0.15, 0.2) is 0 Å². The van der Waals surface area contributed by atoms with Crippen LogP contribution < -0.4 is 16.0 Å². The molecule has 0 saturated carbocycles. The SMILES string of the molecule is O=C(CNC(=O)c1ccccn1)Nc1ccccc1Nc1ccccc1. The quantitative estimate of drug-likeness (QED) is 0.640. The van der Waals surface area contributed by atoms with Crippen LogP contribution in [-0.2, 0) is 4.79 Å². The number of pyridine rings is 1. The summed E-state index contributed by atoms with van der Waals surface area (Å²) in [4.78, 5) is 28.1. The Labute approximate surface area is 151 Å². The van der Waals surface area contributed by atoms with E-state index >= 15 is 0 Å². The molecule has 130 valence electrons. The lowest BCUT2D eigenvalue weighted by atomic mass is 10.2. The van der Waals surface area contributed by atoms with Crippen molar-refractivity contribution >= 4 is 28.9 Å². The molecule has 6 heteroatoms. The number of rotatable bonds is 6. The highest BCUT2D eigenvalue weighted by Crippen LogP contribution is 2.24. The lowest BCUT2D eigenvalue weighted by molar-refractivity contribution is -0.115. The van der Waals surface area contributed by atoms with E-state index in [1.807, 2.05) is 48.5 Å². The van der Waals surface area contributed by atoms with Crippen LogP contribution in [0.25, 0.3) is 0 Å². The molecule has 0 atom stereocenters. The van der Waals surface area contributed by atoms with Gasteiger partial charge in [-0.15, -0.1) is 0 Å². The van der Waals surface area contributed by atoms with E-state index in [2.05, 4.69) is 20.9 Å². The zero-order valence-corrected chi connectivity index (χ0v) is 14.0. The van der Waals surface area contributed by atoms with Gasteiger partial charge in [0.2, 0.25) is 5.91 Å². The van der Waals surface area contributed by atoms with Gasteiger partial charge in [-0.3, -0.25) is 14.6 Å². The van der Waals surface area contributed by atoms with Gasteiger partial charge in [0.1, 0.15) is 5.69 Å². The zero-order chi connectivity index (χ0) is 18.2. The second kappa shape index (κ2) is 8.43. The van der Waals surface area contributed by atoms with Crippen molar-refractivity contribution in [1.29, 1.82) is 0 Å². The van der Waals surface area contributed by atoms with Crippen LogP contribution in [-0.4, -0.2) is 23.3 Å². The molecule has 0 unspecified atom stereocenters. The fourth-order valence-corrected chi connectivity index (χ4v) is 2.32. The number of carbonyl (C=O) groups is 2. The fraction of sp³-hybridized carbons (Fsp3) is 0.0500. The maximum absolute atomic E-state index is 12.2. The molecule has 3 N–H and O–H groups in total. The average Bonchev–Trinajstić information content (AvgIpc) is 2.69. The van der Waals surface area contributed by atoms with Crippen molar-refractivity contribution in [3.05, 3.63) is 84.7 Å². The van der Waals surface area contributed by atoms with Gasteiger partial charge < -0.3 is 16.0 Å². The summed E-state index contributed by atoms with van der Waals surface area (Å²) in [6, 6.07) is 22.1. The van der Waals surface area contributed by atoms with Crippen LogP contribution in [0.3, 0.4) is 0 Å². The average molecular weight is 346 g/mol. The summed E-state index contributed by atoms with van der Waals surface area (Å²) in [7, 11) is 0. The summed E-state index contributed by atoms with van der Waals surface area (Å²) in [6.07, 6.45) is 1.53. The van der Waals surface area contributed by atoms with Gasteiger partial charge in [-0.1, -0.05) is 36.4 Å². The number of benzene rings is 2. The number of nitrogens with one attached hydrogen (secondary N) is 3. The minimum atomic E-state index is -0.392. The first-order valence-corrected chi connectivity index (χ1v) is 8.12. The van der Waals surface area contributed by atoms with Gasteiger partial charge >= 0.3 is 0 Å². The van der Waals surface area contributed by atoms with Crippen molar-refractivity contribution < 1.29 is 9.59 Å². The van der Waals surface area contributed by atoms with Crippen molar-refractivity contribution in [1.82, 2.24) is 10.3 Å². The minimum absolute atomic E-state index is 0.144. The third-order valence-electron chi connectivity index (χ3n) is 3.56. The molecule has 0 aliphatic carbocycles. The number of nitrogens with zero attached hydrogens (tertiary/aromatic N) is 1. The summed E-state index contributed by atoms with van der Waals surface area (Å²) in [5.74, 6) is -0.715. The molecule has 1 aromatic heterocycles. The van der Waals surface area contributed by atoms with Gasteiger partial charge in [-0.25, -0.2) is 0 Å². The van der Waals surface area contributed by atoms with E-state index in [0.717, 1.165) is 11.4 Å². The van der Waals surface area contributed by atoms with Gasteiger partial charge in [-0.05, 0) is 36.4 Å². The van der Waals surface area contributed by atoms with Crippen LogP contribution >= 0.6 is 0 Å². The van der Waals surface area contributed by atoms with Gasteiger partial charge in [0, 0.05) is 11.9 Å². The number of amides is 2. The summed E-state index contributed by atoms with van der Waals surface area (Å²) in [5, 5.41) is 8.61. The van der Waals surface area contributed by atoms with Crippen LogP contribution in [0.2, 0.25) is 0 Å². The number of hydrogen-bond donors (Lipinski definition) is 3. The van der Waals surface area contributed by atoms with Crippen LogP contribution in [0.15, 0.2) is 79.0 Å². The van der Waals surface area contributed by atoms with Crippen LogP contribution in [0, 0.1) is 0 Å². The Hall–Kier alpha value is -3.67. The smallest absolute Gasteiger partial charge is 0.270 e. The van der Waals surface area contributed by atoms with E-state index in [0.29, 0.717) is 5.69 Å². The summed E-state index contributed by atoms with van der Waals surface area (Å²) < 4.78 is 0. The molecule has 2 aromatic carbocycles. The van der Waals surface area contributed by atoms with Gasteiger partial charge in [0.25, 0.3) is 5.91 Å². The van der Waals surface area contributed by atoms with E-state index in [9.17, 15) is 9.59 Å². The summed E-state index contributed by atoms with van der Waals surface area (Å²) >= 11 is 0. The monoisotopic (exact) mass is 346 g/mol. The van der Waals surface area contributed by atoms with Crippen molar-refractivity contribution in [2.75, 3.05) is 17.2 Å². The molecule has 0 spiro atoms. The Morgan fingerprint density at radius 3 is 2.23 bits per heavy atom. The van der Waals surface area contributed by atoms with Crippen LogP contribution in [0.4, 0.5) is 17.1 Å². The molecule has 0 bridgehead atoms. The largest absolute Gasteiger partial charge is 0.354 e. The van der Waals surface area contributed by atoms with E-state index in [4.69, 9.17) is 0 Å². The van der Waals surface area contributed by atoms with Crippen molar-refractivity contribution in [2.45, 2.75) is 0 Å².